The number of ether oxygens (including phenoxy) is 1. The predicted octanol–water partition coefficient (Wildman–Crippen LogP) is 3.66. The maximum atomic E-state index is 6.06. The molecule has 0 aliphatic heterocycles. The number of pyridine rings is 1. The van der Waals surface area contributed by atoms with E-state index in [2.05, 4.69) is 47.5 Å². The van der Waals surface area contributed by atoms with E-state index in [9.17, 15) is 0 Å². The molecule has 1 unspecified atom stereocenters. The van der Waals surface area contributed by atoms with E-state index in [1.165, 1.54) is 4.80 Å². The molecule has 11 heteroatoms. The molecule has 0 saturated carbocycles. The number of fused-ring (bicyclic) bond motifs is 1. The Bertz CT molecular complexity index is 1170. The van der Waals surface area contributed by atoms with E-state index in [0.717, 1.165) is 39.6 Å². The lowest BCUT2D eigenvalue weighted by Crippen LogP contribution is -2.00. The quantitative estimate of drug-likeness (QED) is 0.313. The topological polar surface area (TPSA) is 109 Å². The fourth-order valence-corrected chi connectivity index (χ4v) is 5.18. The van der Waals surface area contributed by atoms with Crippen LogP contribution >= 0.6 is 28.4 Å². The lowest BCUT2D eigenvalue weighted by Gasteiger charge is -2.14. The number of halogens is 1. The number of hydrogen-bond donors (Lipinski definition) is 2. The average molecular weight is 508 g/mol. The second-order valence-electron chi connectivity index (χ2n) is 6.08. The smallest absolute Gasteiger partial charge is 0.168 e. The third-order valence-corrected chi connectivity index (χ3v) is 6.40. The molecule has 144 valence electrons. The molecule has 4 rings (SSSR count). The molecule has 0 spiro atoms. The third kappa shape index (κ3) is 3.26. The van der Waals surface area contributed by atoms with Crippen LogP contribution < -0.4 is 15.8 Å². The number of para-hydroxylation sites is 1. The van der Waals surface area contributed by atoms with Gasteiger partial charge in [-0.25, -0.2) is 9.97 Å². The standard InChI is InChI=1S/C17H18IN8OP/c1-9-21-15-12(7-14(19)23-17(15)26(9)28-18)22-11-6-4-5-10(16(11)27-3)13-8-20-25(2)24-13/h4-8,28H,1-3H3,(H3,19,22,23). The molecular weight excluding hydrogens is 490 g/mol. The number of nitrogen functional groups attached to an aromatic ring is 1. The molecule has 4 aromatic rings. The van der Waals surface area contributed by atoms with Crippen LogP contribution in [0.1, 0.15) is 5.82 Å². The number of nitrogens with zero attached hydrogens (tertiary/aromatic N) is 6. The van der Waals surface area contributed by atoms with Crippen molar-refractivity contribution in [1.29, 1.82) is 0 Å². The minimum Gasteiger partial charge on any atom is -0.494 e. The summed E-state index contributed by atoms with van der Waals surface area (Å²) in [6.07, 6.45) is 2.19. The summed E-state index contributed by atoms with van der Waals surface area (Å²) in [5.74, 6) is 1.98. The zero-order valence-corrected chi connectivity index (χ0v) is 18.6. The van der Waals surface area contributed by atoms with Gasteiger partial charge in [0.15, 0.2) is 11.4 Å². The monoisotopic (exact) mass is 508 g/mol. The lowest BCUT2D eigenvalue weighted by molar-refractivity contribution is 0.418. The number of aryl methyl sites for hydroxylation is 2. The Morgan fingerprint density at radius 1 is 1.25 bits per heavy atom. The minimum atomic E-state index is 0.426. The van der Waals surface area contributed by atoms with Gasteiger partial charge in [0.1, 0.15) is 22.9 Å². The molecule has 0 aliphatic carbocycles. The maximum absolute atomic E-state index is 6.06. The number of aromatic nitrogens is 6. The van der Waals surface area contributed by atoms with E-state index < -0.39 is 0 Å². The third-order valence-electron chi connectivity index (χ3n) is 4.25. The first-order valence-corrected chi connectivity index (χ1v) is 12.4. The van der Waals surface area contributed by atoms with Gasteiger partial charge in [0.05, 0.1) is 31.1 Å². The highest BCUT2D eigenvalue weighted by molar-refractivity contribution is 14.2. The fraction of sp³-hybridized carbons (Fsp3) is 0.176. The van der Waals surface area contributed by atoms with Gasteiger partial charge < -0.3 is 15.8 Å². The van der Waals surface area contributed by atoms with Gasteiger partial charge in [0.2, 0.25) is 0 Å². The van der Waals surface area contributed by atoms with E-state index >= 15 is 0 Å². The Morgan fingerprint density at radius 3 is 2.75 bits per heavy atom. The van der Waals surface area contributed by atoms with Gasteiger partial charge in [0.25, 0.3) is 0 Å². The van der Waals surface area contributed by atoms with Crippen molar-refractivity contribution in [2.75, 3.05) is 18.2 Å². The van der Waals surface area contributed by atoms with Gasteiger partial charge in [-0.3, -0.25) is 4.34 Å². The number of nitrogens with two attached hydrogens (primary N) is 1. The Morgan fingerprint density at radius 2 is 2.07 bits per heavy atom. The van der Waals surface area contributed by atoms with Gasteiger partial charge in [-0.2, -0.15) is 15.0 Å². The first kappa shape index (κ1) is 18.9. The van der Waals surface area contributed by atoms with E-state index in [4.69, 9.17) is 10.5 Å². The molecule has 3 aromatic heterocycles. The molecular formula is C17H18IN8OP. The van der Waals surface area contributed by atoms with E-state index in [0.29, 0.717) is 17.9 Å². The second kappa shape index (κ2) is 7.51. The minimum absolute atomic E-state index is 0.426. The molecule has 0 bridgehead atoms. The molecule has 28 heavy (non-hydrogen) atoms. The summed E-state index contributed by atoms with van der Waals surface area (Å²) < 4.78 is 7.74. The summed E-state index contributed by atoms with van der Waals surface area (Å²) >= 11 is 2.31. The van der Waals surface area contributed by atoms with Crippen molar-refractivity contribution in [2.24, 2.45) is 7.05 Å². The Balaban J connectivity index is 1.84. The predicted molar refractivity (Wildman–Crippen MR) is 121 cm³/mol. The zero-order chi connectivity index (χ0) is 19.8. The Labute approximate surface area is 176 Å². The number of rotatable bonds is 5. The maximum Gasteiger partial charge on any atom is 0.168 e. The number of anilines is 3. The van der Waals surface area contributed by atoms with Crippen molar-refractivity contribution in [2.45, 2.75) is 6.92 Å². The SMILES string of the molecule is COc1c(Nc2cc(N)nc3c2nc(C)n3PI)cccc1-c1cnn(C)n1. The van der Waals surface area contributed by atoms with Gasteiger partial charge in [-0.05, 0) is 41.1 Å². The van der Waals surface area contributed by atoms with E-state index in [1.807, 2.05) is 29.5 Å². The van der Waals surface area contributed by atoms with Crippen LogP contribution in [0.2, 0.25) is 0 Å². The molecule has 3 heterocycles. The van der Waals surface area contributed by atoms with Gasteiger partial charge in [0, 0.05) is 18.7 Å². The largest absolute Gasteiger partial charge is 0.494 e. The van der Waals surface area contributed by atoms with Crippen LogP contribution in [0.4, 0.5) is 17.2 Å². The highest BCUT2D eigenvalue weighted by Crippen LogP contribution is 2.39. The number of benzene rings is 1. The summed E-state index contributed by atoms with van der Waals surface area (Å²) in [4.78, 5) is 10.7. The second-order valence-corrected chi connectivity index (χ2v) is 8.14. The van der Waals surface area contributed by atoms with Crippen LogP contribution in [0.25, 0.3) is 22.4 Å². The van der Waals surface area contributed by atoms with E-state index in [1.54, 1.807) is 26.4 Å². The fourth-order valence-electron chi connectivity index (χ4n) is 3.04. The van der Waals surface area contributed by atoms with Gasteiger partial charge in [-0.15, -0.1) is 0 Å². The summed E-state index contributed by atoms with van der Waals surface area (Å²) in [6.45, 7) is 1.96. The van der Waals surface area contributed by atoms with E-state index in [-0.39, 0.29) is 0 Å². The number of imidazole rings is 1. The normalized spacial score (nSPS) is 11.6. The van der Waals surface area contributed by atoms with Gasteiger partial charge >= 0.3 is 0 Å². The van der Waals surface area contributed by atoms with Crippen molar-refractivity contribution in [1.82, 2.24) is 29.3 Å². The van der Waals surface area contributed by atoms with Crippen LogP contribution in [0.5, 0.6) is 5.75 Å². The number of methoxy groups -OCH3 is 1. The van der Waals surface area contributed by atoms with Crippen molar-refractivity contribution >= 4 is 56.8 Å². The van der Waals surface area contributed by atoms with Crippen molar-refractivity contribution in [3.8, 4) is 17.0 Å². The molecule has 0 fully saturated rings. The Kier molecular flexibility index (Phi) is 5.07. The highest BCUT2D eigenvalue weighted by atomic mass is 127. The van der Waals surface area contributed by atoms with Crippen molar-refractivity contribution in [3.05, 3.63) is 36.3 Å². The molecule has 1 aromatic carbocycles. The first-order chi connectivity index (χ1) is 13.5. The average Bonchev–Trinajstić information content (AvgIpc) is 3.24. The first-order valence-electron chi connectivity index (χ1n) is 8.34. The summed E-state index contributed by atoms with van der Waals surface area (Å²) in [5.41, 5.74) is 10.7. The molecule has 0 amide bonds. The molecule has 1 atom stereocenters. The summed E-state index contributed by atoms with van der Waals surface area (Å²) in [6, 6.07) is 7.60. The number of hydrogen-bond acceptors (Lipinski definition) is 7. The molecule has 0 aliphatic rings. The van der Waals surface area contributed by atoms with Crippen LogP contribution in [0, 0.1) is 6.92 Å². The van der Waals surface area contributed by atoms with Crippen LogP contribution in [0.15, 0.2) is 30.5 Å². The summed E-state index contributed by atoms with van der Waals surface area (Å²) in [5, 5.41) is 11.9. The highest BCUT2D eigenvalue weighted by Gasteiger charge is 2.17. The van der Waals surface area contributed by atoms with Crippen LogP contribution in [0.3, 0.4) is 0 Å². The molecule has 0 saturated heterocycles. The lowest BCUT2D eigenvalue weighted by atomic mass is 10.1. The number of nitrogens with one attached hydrogen (secondary N) is 1. The molecule has 0 radical (unpaired) electrons. The zero-order valence-electron chi connectivity index (χ0n) is 15.4. The molecule has 9 nitrogen and oxygen atoms in total. The van der Waals surface area contributed by atoms with Crippen molar-refractivity contribution < 1.29 is 4.74 Å². The van der Waals surface area contributed by atoms with Crippen molar-refractivity contribution in [3.63, 3.8) is 0 Å². The summed E-state index contributed by atoms with van der Waals surface area (Å²) in [7, 11) is 3.41. The van der Waals surface area contributed by atoms with Crippen LogP contribution in [-0.2, 0) is 7.05 Å². The molecule has 3 N–H and O–H groups in total. The Hall–Kier alpha value is -2.46. The van der Waals surface area contributed by atoms with Crippen LogP contribution in [-0.4, -0.2) is 36.4 Å². The van der Waals surface area contributed by atoms with Gasteiger partial charge in [-0.1, -0.05) is 6.07 Å².